The minimum atomic E-state index is -1.10. The predicted molar refractivity (Wildman–Crippen MR) is 86.3 cm³/mol. The van der Waals surface area contributed by atoms with Crippen molar-refractivity contribution in [1.29, 1.82) is 0 Å². The summed E-state index contributed by atoms with van der Waals surface area (Å²) in [5.74, 6) is -1.12. The second-order valence-electron chi connectivity index (χ2n) is 5.97. The molecule has 0 amide bonds. The van der Waals surface area contributed by atoms with E-state index in [0.29, 0.717) is 6.42 Å². The van der Waals surface area contributed by atoms with E-state index in [4.69, 9.17) is 10.8 Å². The SMILES string of the molecule is CCCCCCCCCCCCCC(=O)C[C@H](N)C(=O)O. The summed E-state index contributed by atoms with van der Waals surface area (Å²) in [5.41, 5.74) is 5.33. The number of rotatable bonds is 15. The van der Waals surface area contributed by atoms with Crippen LogP contribution in [0.4, 0.5) is 0 Å². The second kappa shape index (κ2) is 14.1. The highest BCUT2D eigenvalue weighted by atomic mass is 16.4. The Labute approximate surface area is 129 Å². The molecule has 0 aromatic heterocycles. The Kier molecular flexibility index (Phi) is 13.5. The number of unbranched alkanes of at least 4 members (excludes halogenated alkanes) is 10. The van der Waals surface area contributed by atoms with Crippen molar-refractivity contribution in [3.63, 3.8) is 0 Å². The van der Waals surface area contributed by atoms with Crippen LogP contribution >= 0.6 is 0 Å². The maximum atomic E-state index is 11.5. The minimum absolute atomic E-state index is 0.0270. The Balaban J connectivity index is 3.25. The molecule has 0 aromatic rings. The van der Waals surface area contributed by atoms with Gasteiger partial charge in [0, 0.05) is 12.8 Å². The average Bonchev–Trinajstić information content (AvgIpc) is 2.44. The van der Waals surface area contributed by atoms with Gasteiger partial charge >= 0.3 is 5.97 Å². The molecule has 0 saturated heterocycles. The summed E-state index contributed by atoms with van der Waals surface area (Å²) < 4.78 is 0. The lowest BCUT2D eigenvalue weighted by molar-refractivity contribution is -0.140. The molecule has 0 spiro atoms. The van der Waals surface area contributed by atoms with Crippen LogP contribution in [0.15, 0.2) is 0 Å². The summed E-state index contributed by atoms with van der Waals surface area (Å²) in [5, 5.41) is 8.61. The molecule has 3 N–H and O–H groups in total. The molecule has 0 saturated carbocycles. The molecule has 4 heteroatoms. The van der Waals surface area contributed by atoms with Gasteiger partial charge < -0.3 is 10.8 Å². The highest BCUT2D eigenvalue weighted by Gasteiger charge is 2.15. The van der Waals surface area contributed by atoms with Gasteiger partial charge in [0.15, 0.2) is 0 Å². The first-order valence-corrected chi connectivity index (χ1v) is 8.58. The van der Waals surface area contributed by atoms with Gasteiger partial charge in [0.05, 0.1) is 0 Å². The number of aliphatic carboxylic acids is 1. The van der Waals surface area contributed by atoms with Gasteiger partial charge in [-0.1, -0.05) is 71.1 Å². The molecular formula is C17H33NO3. The summed E-state index contributed by atoms with van der Waals surface area (Å²) >= 11 is 0. The van der Waals surface area contributed by atoms with Crippen LogP contribution in [0.1, 0.15) is 90.4 Å². The van der Waals surface area contributed by atoms with Gasteiger partial charge in [-0.3, -0.25) is 9.59 Å². The van der Waals surface area contributed by atoms with Gasteiger partial charge in [0.25, 0.3) is 0 Å². The molecule has 124 valence electrons. The summed E-state index contributed by atoms with van der Waals surface area (Å²) in [6, 6.07) is -1.04. The molecule has 0 aliphatic carbocycles. The number of carboxylic acid groups (broad SMARTS) is 1. The van der Waals surface area contributed by atoms with Gasteiger partial charge in [-0.05, 0) is 6.42 Å². The zero-order chi connectivity index (χ0) is 15.9. The third kappa shape index (κ3) is 13.8. The van der Waals surface area contributed by atoms with Crippen molar-refractivity contribution >= 4 is 11.8 Å². The fraction of sp³-hybridized carbons (Fsp3) is 0.882. The Morgan fingerprint density at radius 3 is 1.71 bits per heavy atom. The maximum Gasteiger partial charge on any atom is 0.320 e. The quantitative estimate of drug-likeness (QED) is 0.447. The lowest BCUT2D eigenvalue weighted by atomic mass is 10.0. The van der Waals surface area contributed by atoms with Crippen molar-refractivity contribution in [2.75, 3.05) is 0 Å². The largest absolute Gasteiger partial charge is 0.480 e. The fourth-order valence-electron chi connectivity index (χ4n) is 2.42. The van der Waals surface area contributed by atoms with Crippen LogP contribution in [0.2, 0.25) is 0 Å². The van der Waals surface area contributed by atoms with Gasteiger partial charge in [0.1, 0.15) is 11.8 Å². The van der Waals surface area contributed by atoms with E-state index < -0.39 is 12.0 Å². The number of carboxylic acids is 1. The topological polar surface area (TPSA) is 80.4 Å². The van der Waals surface area contributed by atoms with E-state index in [0.717, 1.165) is 12.8 Å². The van der Waals surface area contributed by atoms with Crippen molar-refractivity contribution < 1.29 is 14.7 Å². The van der Waals surface area contributed by atoms with E-state index in [-0.39, 0.29) is 12.2 Å². The van der Waals surface area contributed by atoms with Crippen molar-refractivity contribution in [2.45, 2.75) is 96.4 Å². The average molecular weight is 299 g/mol. The smallest absolute Gasteiger partial charge is 0.320 e. The van der Waals surface area contributed by atoms with E-state index in [9.17, 15) is 9.59 Å². The third-order valence-electron chi connectivity index (χ3n) is 3.82. The number of carbonyl (C=O) groups is 2. The Hall–Kier alpha value is -0.900. The molecular weight excluding hydrogens is 266 g/mol. The molecule has 0 rings (SSSR count). The van der Waals surface area contributed by atoms with Crippen molar-refractivity contribution in [3.05, 3.63) is 0 Å². The second-order valence-corrected chi connectivity index (χ2v) is 5.97. The van der Waals surface area contributed by atoms with Crippen LogP contribution < -0.4 is 5.73 Å². The van der Waals surface area contributed by atoms with Crippen molar-refractivity contribution in [3.8, 4) is 0 Å². The van der Waals surface area contributed by atoms with E-state index in [1.54, 1.807) is 0 Å². The van der Waals surface area contributed by atoms with Crippen LogP contribution in [0.5, 0.6) is 0 Å². The lowest BCUT2D eigenvalue weighted by Gasteiger charge is -2.05. The van der Waals surface area contributed by atoms with Gasteiger partial charge in [-0.2, -0.15) is 0 Å². The monoisotopic (exact) mass is 299 g/mol. The van der Waals surface area contributed by atoms with Crippen LogP contribution in [0.25, 0.3) is 0 Å². The zero-order valence-corrected chi connectivity index (χ0v) is 13.6. The van der Waals surface area contributed by atoms with E-state index in [2.05, 4.69) is 6.92 Å². The molecule has 0 unspecified atom stereocenters. The van der Waals surface area contributed by atoms with Gasteiger partial charge in [0.2, 0.25) is 0 Å². The number of carbonyl (C=O) groups excluding carboxylic acids is 1. The first-order chi connectivity index (χ1) is 10.1. The standard InChI is InChI=1S/C17H33NO3/c1-2-3-4-5-6-7-8-9-10-11-12-13-15(19)14-16(18)17(20)21/h16H,2-14,18H2,1H3,(H,20,21)/t16-/m0/s1. The molecule has 0 aromatic carbocycles. The summed E-state index contributed by atoms with van der Waals surface area (Å²) in [4.78, 5) is 22.0. The molecule has 0 aliphatic rings. The molecule has 0 aliphatic heterocycles. The number of nitrogens with two attached hydrogens (primary N) is 1. The van der Waals surface area contributed by atoms with E-state index >= 15 is 0 Å². The molecule has 0 fully saturated rings. The van der Waals surface area contributed by atoms with Crippen LogP contribution in [0, 0.1) is 0 Å². The first kappa shape index (κ1) is 20.1. The van der Waals surface area contributed by atoms with Crippen molar-refractivity contribution in [1.82, 2.24) is 0 Å². The summed E-state index contributed by atoms with van der Waals surface area (Å²) in [6.07, 6.45) is 14.2. The minimum Gasteiger partial charge on any atom is -0.480 e. The number of hydrogen-bond donors (Lipinski definition) is 2. The molecule has 0 bridgehead atoms. The molecule has 21 heavy (non-hydrogen) atoms. The Morgan fingerprint density at radius 1 is 0.857 bits per heavy atom. The van der Waals surface area contributed by atoms with E-state index in [1.807, 2.05) is 0 Å². The predicted octanol–water partition coefficient (Wildman–Crippen LogP) is 4.06. The maximum absolute atomic E-state index is 11.5. The van der Waals surface area contributed by atoms with Crippen molar-refractivity contribution in [2.24, 2.45) is 5.73 Å². The molecule has 0 heterocycles. The van der Waals surface area contributed by atoms with Crippen LogP contribution in [-0.2, 0) is 9.59 Å². The van der Waals surface area contributed by atoms with E-state index in [1.165, 1.54) is 57.8 Å². The fourth-order valence-corrected chi connectivity index (χ4v) is 2.42. The molecule has 4 nitrogen and oxygen atoms in total. The lowest BCUT2D eigenvalue weighted by Crippen LogP contribution is -2.32. The number of hydrogen-bond acceptors (Lipinski definition) is 3. The number of ketones is 1. The zero-order valence-electron chi connectivity index (χ0n) is 13.6. The van der Waals surface area contributed by atoms with Gasteiger partial charge in [-0.25, -0.2) is 0 Å². The van der Waals surface area contributed by atoms with Crippen LogP contribution in [0.3, 0.4) is 0 Å². The highest BCUT2D eigenvalue weighted by molar-refractivity contribution is 5.85. The summed E-state index contributed by atoms with van der Waals surface area (Å²) in [6.45, 7) is 2.24. The Bertz CT molecular complexity index is 279. The van der Waals surface area contributed by atoms with Gasteiger partial charge in [-0.15, -0.1) is 0 Å². The third-order valence-corrected chi connectivity index (χ3v) is 3.82. The normalized spacial score (nSPS) is 12.3. The van der Waals surface area contributed by atoms with Crippen LogP contribution in [-0.4, -0.2) is 22.9 Å². The molecule has 0 radical (unpaired) electrons. The first-order valence-electron chi connectivity index (χ1n) is 8.58. The summed E-state index contributed by atoms with van der Waals surface area (Å²) in [7, 11) is 0. The number of Topliss-reactive ketones (excluding diaryl/α,β-unsaturated/α-hetero) is 1. The highest BCUT2D eigenvalue weighted by Crippen LogP contribution is 2.12. The molecule has 1 atom stereocenters. The Morgan fingerprint density at radius 2 is 1.29 bits per heavy atom.